The van der Waals surface area contributed by atoms with Crippen LogP contribution in [0.1, 0.15) is 25.0 Å². The van der Waals surface area contributed by atoms with Crippen LogP contribution in [-0.2, 0) is 5.41 Å². The van der Waals surface area contributed by atoms with Gasteiger partial charge in [0.05, 0.1) is 11.4 Å². The minimum Gasteiger partial charge on any atom is -0.310 e. The molecule has 0 aromatic heterocycles. The zero-order chi connectivity index (χ0) is 43.5. The Hall–Kier alpha value is -8.20. The molecule has 65 heavy (non-hydrogen) atoms. The van der Waals surface area contributed by atoms with Gasteiger partial charge in [0, 0.05) is 39.3 Å². The summed E-state index contributed by atoms with van der Waals surface area (Å²) in [6.07, 6.45) is 0. The first-order valence-electron chi connectivity index (χ1n) is 22.6. The summed E-state index contributed by atoms with van der Waals surface area (Å²) in [6, 6.07) is 88.6. The fourth-order valence-electron chi connectivity index (χ4n) is 10.6. The minimum absolute atomic E-state index is 0.267. The van der Waals surface area contributed by atoms with Crippen LogP contribution in [0.2, 0.25) is 0 Å². The summed E-state index contributed by atoms with van der Waals surface area (Å²) in [5.41, 5.74) is 16.7. The van der Waals surface area contributed by atoms with Crippen molar-refractivity contribution in [1.82, 2.24) is 0 Å². The van der Waals surface area contributed by atoms with Crippen molar-refractivity contribution < 1.29 is 0 Å². The molecule has 2 nitrogen and oxygen atoms in total. The molecule has 0 saturated carbocycles. The molecule has 0 atom stereocenters. The predicted octanol–water partition coefficient (Wildman–Crippen LogP) is 17.7. The summed E-state index contributed by atoms with van der Waals surface area (Å²) in [7, 11) is 0. The number of rotatable bonds is 8. The van der Waals surface area contributed by atoms with E-state index in [1.807, 2.05) is 0 Å². The molecule has 0 saturated heterocycles. The van der Waals surface area contributed by atoms with Gasteiger partial charge in [-0.1, -0.05) is 184 Å². The van der Waals surface area contributed by atoms with Crippen LogP contribution in [0.4, 0.5) is 34.1 Å². The summed E-state index contributed by atoms with van der Waals surface area (Å²) in [5, 5.41) is 7.58. The average molecular weight is 831 g/mol. The largest absolute Gasteiger partial charge is 0.310 e. The average Bonchev–Trinajstić information content (AvgIpc) is 3.60. The quantitative estimate of drug-likeness (QED) is 0.141. The highest BCUT2D eigenvalue weighted by Gasteiger charge is 2.39. The fourth-order valence-corrected chi connectivity index (χ4v) is 10.6. The third-order valence-electron chi connectivity index (χ3n) is 13.5. The van der Waals surface area contributed by atoms with Gasteiger partial charge in [-0.3, -0.25) is 0 Å². The van der Waals surface area contributed by atoms with Crippen LogP contribution < -0.4 is 9.80 Å². The molecule has 0 radical (unpaired) electrons. The summed E-state index contributed by atoms with van der Waals surface area (Å²) in [4.78, 5) is 4.83. The number of hydrogen-bond acceptors (Lipinski definition) is 2. The van der Waals surface area contributed by atoms with Crippen LogP contribution in [0.3, 0.4) is 0 Å². The van der Waals surface area contributed by atoms with Crippen LogP contribution in [0.5, 0.6) is 0 Å². The van der Waals surface area contributed by atoms with Crippen molar-refractivity contribution in [2.45, 2.75) is 19.3 Å². The van der Waals surface area contributed by atoms with Gasteiger partial charge >= 0.3 is 0 Å². The standard InChI is InChI=1S/C63H46N2/c1-63(2)58-41-46-39-49(64(47-25-11-5-12-26-47)59-33-19-17-29-51(59)43-21-7-3-8-22-43)36-35-45(46)40-57(58)61-54-32-16-15-31-53(54)56-42-50(37-38-55(56)62(61)63)65(48-27-13-6-14-28-48)60-34-20-18-30-52(60)44-23-9-4-10-24-44/h3-42H,1-2H3. The van der Waals surface area contributed by atoms with E-state index in [1.54, 1.807) is 0 Å². The molecule has 0 heterocycles. The normalized spacial score (nSPS) is 12.6. The molecule has 0 N–H and O–H groups in total. The molecule has 0 fully saturated rings. The number of para-hydroxylation sites is 4. The van der Waals surface area contributed by atoms with Crippen molar-refractivity contribution in [2.75, 3.05) is 9.80 Å². The highest BCUT2D eigenvalue weighted by Crippen LogP contribution is 2.56. The van der Waals surface area contributed by atoms with Crippen molar-refractivity contribution in [3.63, 3.8) is 0 Å². The molecular formula is C63H46N2. The third kappa shape index (κ3) is 6.40. The smallest absolute Gasteiger partial charge is 0.0540 e. The minimum atomic E-state index is -0.267. The van der Waals surface area contributed by atoms with E-state index in [2.05, 4.69) is 266 Å². The van der Waals surface area contributed by atoms with E-state index in [1.165, 1.54) is 76.8 Å². The second-order valence-electron chi connectivity index (χ2n) is 17.7. The fraction of sp³-hybridized carbons (Fsp3) is 0.0476. The molecule has 0 spiro atoms. The summed E-state index contributed by atoms with van der Waals surface area (Å²) < 4.78 is 0. The molecule has 0 amide bonds. The predicted molar refractivity (Wildman–Crippen MR) is 277 cm³/mol. The van der Waals surface area contributed by atoms with E-state index in [0.29, 0.717) is 0 Å². The van der Waals surface area contributed by atoms with Gasteiger partial charge in [-0.05, 0) is 138 Å². The Bertz CT molecular complexity index is 3560. The summed E-state index contributed by atoms with van der Waals surface area (Å²) >= 11 is 0. The summed E-state index contributed by atoms with van der Waals surface area (Å²) in [6.45, 7) is 4.85. The number of benzene rings is 11. The molecule has 1 aliphatic carbocycles. The Balaban J connectivity index is 1.03. The first-order valence-corrected chi connectivity index (χ1v) is 22.6. The van der Waals surface area contributed by atoms with Crippen molar-refractivity contribution in [1.29, 1.82) is 0 Å². The van der Waals surface area contributed by atoms with E-state index in [-0.39, 0.29) is 5.41 Å². The Morgan fingerprint density at radius 1 is 0.308 bits per heavy atom. The third-order valence-corrected chi connectivity index (χ3v) is 13.5. The Kier molecular flexibility index (Phi) is 9.21. The van der Waals surface area contributed by atoms with Crippen LogP contribution in [-0.4, -0.2) is 0 Å². The molecule has 0 bridgehead atoms. The molecule has 12 rings (SSSR count). The van der Waals surface area contributed by atoms with Crippen molar-refractivity contribution >= 4 is 66.4 Å². The first kappa shape index (κ1) is 38.5. The molecule has 308 valence electrons. The van der Waals surface area contributed by atoms with Crippen LogP contribution >= 0.6 is 0 Å². The molecule has 1 aliphatic rings. The zero-order valence-corrected chi connectivity index (χ0v) is 36.5. The zero-order valence-electron chi connectivity index (χ0n) is 36.5. The monoisotopic (exact) mass is 830 g/mol. The van der Waals surface area contributed by atoms with Crippen LogP contribution in [0, 0.1) is 0 Å². The number of fused-ring (bicyclic) bond motifs is 9. The second-order valence-corrected chi connectivity index (χ2v) is 17.7. The van der Waals surface area contributed by atoms with Gasteiger partial charge in [-0.15, -0.1) is 0 Å². The van der Waals surface area contributed by atoms with Crippen molar-refractivity contribution in [3.05, 3.63) is 254 Å². The maximum Gasteiger partial charge on any atom is 0.0540 e. The Morgan fingerprint density at radius 3 is 1.37 bits per heavy atom. The Morgan fingerprint density at radius 2 is 0.785 bits per heavy atom. The maximum atomic E-state index is 2.48. The van der Waals surface area contributed by atoms with E-state index < -0.39 is 0 Å². The Labute approximate surface area is 380 Å². The van der Waals surface area contributed by atoms with Gasteiger partial charge in [0.15, 0.2) is 0 Å². The second kappa shape index (κ2) is 15.6. The first-order chi connectivity index (χ1) is 32.0. The molecule has 0 unspecified atom stereocenters. The lowest BCUT2D eigenvalue weighted by Gasteiger charge is -2.29. The highest BCUT2D eigenvalue weighted by molar-refractivity contribution is 6.20. The van der Waals surface area contributed by atoms with Crippen molar-refractivity contribution in [2.24, 2.45) is 0 Å². The van der Waals surface area contributed by atoms with E-state index in [4.69, 9.17) is 0 Å². The van der Waals surface area contributed by atoms with Gasteiger partial charge in [0.1, 0.15) is 0 Å². The lowest BCUT2D eigenvalue weighted by molar-refractivity contribution is 0.667. The topological polar surface area (TPSA) is 6.48 Å². The summed E-state index contributed by atoms with van der Waals surface area (Å²) in [5.74, 6) is 0. The van der Waals surface area contributed by atoms with Crippen molar-refractivity contribution in [3.8, 4) is 33.4 Å². The highest BCUT2D eigenvalue weighted by atomic mass is 15.1. The number of hydrogen-bond donors (Lipinski definition) is 0. The SMILES string of the molecule is CC1(C)c2cc3cc(N(c4ccccc4)c4ccccc4-c4ccccc4)ccc3cc2-c2c1c1ccc(N(c3ccccc3)c3ccccc3-c3ccccc3)cc1c1ccccc21. The molecule has 2 heteroatoms. The lowest BCUT2D eigenvalue weighted by Crippen LogP contribution is -2.16. The molecule has 0 aliphatic heterocycles. The maximum absolute atomic E-state index is 2.48. The molecular weight excluding hydrogens is 785 g/mol. The van der Waals surface area contributed by atoms with Crippen LogP contribution in [0.25, 0.3) is 65.7 Å². The molecule has 11 aromatic rings. The number of nitrogens with zero attached hydrogens (tertiary/aromatic N) is 2. The lowest BCUT2D eigenvalue weighted by atomic mass is 9.79. The van der Waals surface area contributed by atoms with Crippen LogP contribution in [0.15, 0.2) is 243 Å². The van der Waals surface area contributed by atoms with E-state index >= 15 is 0 Å². The van der Waals surface area contributed by atoms with Gasteiger partial charge in [-0.25, -0.2) is 0 Å². The van der Waals surface area contributed by atoms with E-state index in [0.717, 1.165) is 34.1 Å². The number of anilines is 6. The van der Waals surface area contributed by atoms with Gasteiger partial charge in [0.2, 0.25) is 0 Å². The van der Waals surface area contributed by atoms with Gasteiger partial charge in [0.25, 0.3) is 0 Å². The van der Waals surface area contributed by atoms with E-state index in [9.17, 15) is 0 Å². The van der Waals surface area contributed by atoms with Gasteiger partial charge < -0.3 is 9.80 Å². The molecule has 11 aromatic carbocycles. The van der Waals surface area contributed by atoms with Gasteiger partial charge in [-0.2, -0.15) is 0 Å².